The molecule has 1 N–H and O–H groups in total. The van der Waals surface area contributed by atoms with E-state index in [1.165, 1.54) is 17.0 Å². The number of hydrogen-bond acceptors (Lipinski definition) is 2. The number of aliphatic hydroxyl groups excluding tert-OH is 1. The van der Waals surface area contributed by atoms with Gasteiger partial charge in [-0.15, -0.1) is 0 Å². The van der Waals surface area contributed by atoms with Crippen LogP contribution in [0.4, 0.5) is 4.39 Å². The van der Waals surface area contributed by atoms with Crippen LogP contribution in [0.1, 0.15) is 23.2 Å². The lowest BCUT2D eigenvalue weighted by Gasteiger charge is -2.21. The first-order valence-electron chi connectivity index (χ1n) is 5.51. The highest BCUT2D eigenvalue weighted by Gasteiger charge is 2.33. The maximum absolute atomic E-state index is 13.7. The molecule has 0 saturated heterocycles. The number of aliphatic hydroxyl groups is 1. The summed E-state index contributed by atoms with van der Waals surface area (Å²) in [4.78, 5) is 13.6. The van der Waals surface area contributed by atoms with Gasteiger partial charge < -0.3 is 10.0 Å². The summed E-state index contributed by atoms with van der Waals surface area (Å²) in [5.74, 6) is -1.09. The van der Waals surface area contributed by atoms with Gasteiger partial charge in [0.2, 0.25) is 0 Å². The van der Waals surface area contributed by atoms with Crippen molar-refractivity contribution < 1.29 is 14.3 Å². The second kappa shape index (κ2) is 5.02. The Morgan fingerprint density at radius 3 is 2.82 bits per heavy atom. The Balaban J connectivity index is 2.25. The summed E-state index contributed by atoms with van der Waals surface area (Å²) in [6.07, 6.45) is 1.82. The molecular formula is C12H13ClFNO2. The van der Waals surface area contributed by atoms with E-state index in [0.717, 1.165) is 12.8 Å². The average Bonchev–Trinajstić information content (AvgIpc) is 3.13. The van der Waals surface area contributed by atoms with E-state index in [4.69, 9.17) is 16.7 Å². The molecule has 0 aliphatic heterocycles. The molecule has 1 fully saturated rings. The van der Waals surface area contributed by atoms with E-state index in [0.29, 0.717) is 0 Å². The molecule has 0 aromatic heterocycles. The van der Waals surface area contributed by atoms with Crippen LogP contribution in [0.25, 0.3) is 0 Å². The first-order chi connectivity index (χ1) is 8.15. The van der Waals surface area contributed by atoms with Crippen molar-refractivity contribution in [2.75, 3.05) is 13.2 Å². The Hall–Kier alpha value is -1.13. The highest BCUT2D eigenvalue weighted by Crippen LogP contribution is 2.29. The third-order valence-corrected chi connectivity index (χ3v) is 3.06. The van der Waals surface area contributed by atoms with Crippen molar-refractivity contribution in [1.82, 2.24) is 4.90 Å². The highest BCUT2D eigenvalue weighted by molar-refractivity contribution is 6.31. The number of hydrogen-bond donors (Lipinski definition) is 1. The van der Waals surface area contributed by atoms with Gasteiger partial charge in [0.1, 0.15) is 0 Å². The molecule has 1 amide bonds. The van der Waals surface area contributed by atoms with E-state index in [1.807, 2.05) is 0 Å². The maximum Gasteiger partial charge on any atom is 0.257 e. The fraction of sp³-hybridized carbons (Fsp3) is 0.417. The first kappa shape index (κ1) is 12.3. The van der Waals surface area contributed by atoms with Gasteiger partial charge in [0, 0.05) is 12.6 Å². The molecular weight excluding hydrogens is 245 g/mol. The van der Waals surface area contributed by atoms with Crippen molar-refractivity contribution >= 4 is 17.5 Å². The van der Waals surface area contributed by atoms with Crippen LogP contribution in [0.3, 0.4) is 0 Å². The smallest absolute Gasteiger partial charge is 0.257 e. The van der Waals surface area contributed by atoms with Crippen molar-refractivity contribution in [3.8, 4) is 0 Å². The van der Waals surface area contributed by atoms with Crippen molar-refractivity contribution in [2.24, 2.45) is 0 Å². The van der Waals surface area contributed by atoms with Crippen LogP contribution in [0.5, 0.6) is 0 Å². The zero-order valence-electron chi connectivity index (χ0n) is 9.20. The predicted molar refractivity (Wildman–Crippen MR) is 62.6 cm³/mol. The Kier molecular flexibility index (Phi) is 3.64. The zero-order chi connectivity index (χ0) is 12.4. The second-order valence-corrected chi connectivity index (χ2v) is 4.46. The molecule has 1 aromatic carbocycles. The van der Waals surface area contributed by atoms with Gasteiger partial charge in [0.15, 0.2) is 5.82 Å². The molecule has 17 heavy (non-hydrogen) atoms. The Labute approximate surface area is 104 Å². The molecule has 1 aliphatic rings. The summed E-state index contributed by atoms with van der Waals surface area (Å²) in [6, 6.07) is 4.49. The molecule has 0 heterocycles. The summed E-state index contributed by atoms with van der Waals surface area (Å²) in [5.41, 5.74) is -0.0298. The van der Waals surface area contributed by atoms with E-state index in [1.54, 1.807) is 6.07 Å². The zero-order valence-corrected chi connectivity index (χ0v) is 9.95. The third-order valence-electron chi connectivity index (χ3n) is 2.77. The molecule has 0 atom stereocenters. The minimum absolute atomic E-state index is 0.0298. The lowest BCUT2D eigenvalue weighted by Crippen LogP contribution is -2.36. The SMILES string of the molecule is O=C(c1cccc(Cl)c1F)N(CCO)C1CC1. The van der Waals surface area contributed by atoms with Crippen LogP contribution in [-0.2, 0) is 0 Å². The molecule has 0 bridgehead atoms. The topological polar surface area (TPSA) is 40.5 Å². The van der Waals surface area contributed by atoms with Crippen molar-refractivity contribution in [1.29, 1.82) is 0 Å². The number of benzene rings is 1. The fourth-order valence-corrected chi connectivity index (χ4v) is 1.94. The van der Waals surface area contributed by atoms with Crippen LogP contribution in [-0.4, -0.2) is 35.1 Å². The van der Waals surface area contributed by atoms with Crippen LogP contribution in [0.15, 0.2) is 18.2 Å². The maximum atomic E-state index is 13.7. The monoisotopic (exact) mass is 257 g/mol. The minimum atomic E-state index is -0.692. The summed E-state index contributed by atoms with van der Waals surface area (Å²) in [7, 11) is 0. The van der Waals surface area contributed by atoms with Gasteiger partial charge in [-0.05, 0) is 25.0 Å². The molecule has 1 aromatic rings. The quantitative estimate of drug-likeness (QED) is 0.897. The molecule has 3 nitrogen and oxygen atoms in total. The van der Waals surface area contributed by atoms with Crippen LogP contribution < -0.4 is 0 Å². The van der Waals surface area contributed by atoms with E-state index in [-0.39, 0.29) is 29.8 Å². The van der Waals surface area contributed by atoms with Gasteiger partial charge >= 0.3 is 0 Å². The number of amides is 1. The Morgan fingerprint density at radius 2 is 2.24 bits per heavy atom. The van der Waals surface area contributed by atoms with E-state index in [9.17, 15) is 9.18 Å². The van der Waals surface area contributed by atoms with Crippen LogP contribution in [0.2, 0.25) is 5.02 Å². The summed E-state index contributed by atoms with van der Waals surface area (Å²) in [6.45, 7) is 0.111. The number of carbonyl (C=O) groups excluding carboxylic acids is 1. The fourth-order valence-electron chi connectivity index (χ4n) is 1.77. The van der Waals surface area contributed by atoms with Crippen LogP contribution in [0, 0.1) is 5.82 Å². The first-order valence-corrected chi connectivity index (χ1v) is 5.88. The summed E-state index contributed by atoms with van der Waals surface area (Å²) in [5, 5.41) is 8.86. The number of nitrogens with zero attached hydrogens (tertiary/aromatic N) is 1. The molecule has 92 valence electrons. The molecule has 5 heteroatoms. The normalized spacial score (nSPS) is 14.8. The van der Waals surface area contributed by atoms with Gasteiger partial charge in [0.25, 0.3) is 5.91 Å². The van der Waals surface area contributed by atoms with Crippen molar-refractivity contribution in [3.05, 3.63) is 34.6 Å². The molecule has 1 saturated carbocycles. The number of carbonyl (C=O) groups is 1. The average molecular weight is 258 g/mol. The Bertz CT molecular complexity index is 435. The predicted octanol–water partition coefficient (Wildman–Crippen LogP) is 2.08. The van der Waals surface area contributed by atoms with Gasteiger partial charge in [-0.2, -0.15) is 0 Å². The number of halogens is 2. The standard InChI is InChI=1S/C12H13ClFNO2/c13-10-3-1-2-9(11(10)14)12(17)15(6-7-16)8-4-5-8/h1-3,8,16H,4-7H2. The molecule has 0 radical (unpaired) electrons. The van der Waals surface area contributed by atoms with Crippen molar-refractivity contribution in [2.45, 2.75) is 18.9 Å². The highest BCUT2D eigenvalue weighted by atomic mass is 35.5. The van der Waals surface area contributed by atoms with Gasteiger partial charge in [-0.3, -0.25) is 4.79 Å². The van der Waals surface area contributed by atoms with Gasteiger partial charge in [-0.25, -0.2) is 4.39 Å². The third kappa shape index (κ3) is 2.58. The van der Waals surface area contributed by atoms with E-state index in [2.05, 4.69) is 0 Å². The van der Waals surface area contributed by atoms with Crippen molar-refractivity contribution in [3.63, 3.8) is 0 Å². The number of rotatable bonds is 4. The Morgan fingerprint density at radius 1 is 1.53 bits per heavy atom. The van der Waals surface area contributed by atoms with Gasteiger partial charge in [-0.1, -0.05) is 17.7 Å². The van der Waals surface area contributed by atoms with Crippen LogP contribution >= 0.6 is 11.6 Å². The summed E-state index contributed by atoms with van der Waals surface area (Å²) < 4.78 is 13.7. The molecule has 0 unspecified atom stereocenters. The summed E-state index contributed by atoms with van der Waals surface area (Å²) >= 11 is 5.64. The molecule has 2 rings (SSSR count). The molecule has 0 spiro atoms. The largest absolute Gasteiger partial charge is 0.395 e. The lowest BCUT2D eigenvalue weighted by atomic mass is 10.2. The lowest BCUT2D eigenvalue weighted by molar-refractivity contribution is 0.0703. The van der Waals surface area contributed by atoms with Gasteiger partial charge in [0.05, 0.1) is 17.2 Å². The van der Waals surface area contributed by atoms with E-state index >= 15 is 0 Å². The minimum Gasteiger partial charge on any atom is -0.395 e. The molecule has 1 aliphatic carbocycles. The van der Waals surface area contributed by atoms with E-state index < -0.39 is 11.7 Å². The second-order valence-electron chi connectivity index (χ2n) is 4.05.